The third-order valence-corrected chi connectivity index (χ3v) is 4.14. The van der Waals surface area contributed by atoms with E-state index in [2.05, 4.69) is 10.4 Å². The molecule has 0 saturated carbocycles. The van der Waals surface area contributed by atoms with Crippen LogP contribution in [0.15, 0.2) is 59.2 Å². The molecule has 0 aromatic heterocycles. The summed E-state index contributed by atoms with van der Waals surface area (Å²) >= 11 is 0. The highest BCUT2D eigenvalue weighted by Gasteiger charge is 2.17. The lowest BCUT2D eigenvalue weighted by atomic mass is 10.2. The molecule has 0 amide bonds. The molecule has 2 heterocycles. The predicted molar refractivity (Wildman–Crippen MR) is 93.4 cm³/mol. The number of hydrogen-bond donors (Lipinski definition) is 0. The van der Waals surface area contributed by atoms with Crippen LogP contribution in [0.1, 0.15) is 25.7 Å². The summed E-state index contributed by atoms with van der Waals surface area (Å²) in [6.07, 6.45) is 14.7. The fourth-order valence-electron chi connectivity index (χ4n) is 2.79. The van der Waals surface area contributed by atoms with Gasteiger partial charge in [0.2, 0.25) is 0 Å². The lowest BCUT2D eigenvalue weighted by Gasteiger charge is -2.22. The quantitative estimate of drug-likeness (QED) is 0.477. The highest BCUT2D eigenvalue weighted by Crippen LogP contribution is 2.20. The monoisotopic (exact) mass is 332 g/mol. The Balaban J connectivity index is 1.64. The van der Waals surface area contributed by atoms with Gasteiger partial charge in [-0.2, -0.15) is 0 Å². The smallest absolute Gasteiger partial charge is 0.134 e. The minimum absolute atomic E-state index is 0.811. The molecule has 0 fully saturated rings. The standard InChI is InChI=1S/C16H24N6O2/c1-19-9-11-21(15(19)13-17-23)7-5-3-4-6-8-22-12-10-20(2)16(22)14-18-24/h9-14H,3-8H2,1-2H3/b15-13-,16-14+. The van der Waals surface area contributed by atoms with Gasteiger partial charge in [-0.15, -0.1) is 9.81 Å². The zero-order chi connectivity index (χ0) is 17.4. The van der Waals surface area contributed by atoms with Crippen LogP contribution in [0.3, 0.4) is 0 Å². The van der Waals surface area contributed by atoms with Crippen molar-refractivity contribution in [2.24, 2.45) is 10.4 Å². The molecule has 2 rings (SSSR count). The molecule has 0 aliphatic carbocycles. The molecule has 0 N–H and O–H groups in total. The van der Waals surface area contributed by atoms with Crippen molar-refractivity contribution in [3.8, 4) is 0 Å². The first-order chi connectivity index (χ1) is 11.7. The molecule has 8 heteroatoms. The van der Waals surface area contributed by atoms with E-state index in [0.717, 1.165) is 50.4 Å². The Morgan fingerprint density at radius 3 is 1.54 bits per heavy atom. The Labute approximate surface area is 142 Å². The lowest BCUT2D eigenvalue weighted by Crippen LogP contribution is -2.21. The van der Waals surface area contributed by atoms with E-state index in [-0.39, 0.29) is 0 Å². The van der Waals surface area contributed by atoms with Crippen LogP contribution in [0, 0.1) is 9.81 Å². The second kappa shape index (κ2) is 8.85. The molecule has 0 aromatic rings. The van der Waals surface area contributed by atoms with Crippen molar-refractivity contribution < 1.29 is 0 Å². The molecule has 0 bridgehead atoms. The third kappa shape index (κ3) is 4.43. The summed E-state index contributed by atoms with van der Waals surface area (Å²) in [6.45, 7) is 1.74. The van der Waals surface area contributed by atoms with Crippen LogP contribution in [0.4, 0.5) is 0 Å². The maximum Gasteiger partial charge on any atom is 0.134 e. The predicted octanol–water partition coefficient (Wildman–Crippen LogP) is 3.11. The first kappa shape index (κ1) is 17.7. The van der Waals surface area contributed by atoms with Gasteiger partial charge in [0.25, 0.3) is 0 Å². The summed E-state index contributed by atoms with van der Waals surface area (Å²) < 4.78 is 0. The first-order valence-electron chi connectivity index (χ1n) is 8.08. The molecule has 0 radical (unpaired) electrons. The molecule has 2 aliphatic heterocycles. The molecule has 8 nitrogen and oxygen atoms in total. The van der Waals surface area contributed by atoms with Gasteiger partial charge in [-0.05, 0) is 23.2 Å². The van der Waals surface area contributed by atoms with Gasteiger partial charge in [-0.1, -0.05) is 12.8 Å². The molecular formula is C16H24N6O2. The van der Waals surface area contributed by atoms with Crippen LogP contribution < -0.4 is 0 Å². The van der Waals surface area contributed by atoms with Crippen molar-refractivity contribution >= 4 is 0 Å². The van der Waals surface area contributed by atoms with E-state index in [4.69, 9.17) is 0 Å². The van der Waals surface area contributed by atoms with Crippen molar-refractivity contribution in [1.29, 1.82) is 0 Å². The second-order valence-corrected chi connectivity index (χ2v) is 5.80. The van der Waals surface area contributed by atoms with Crippen LogP contribution in [0.5, 0.6) is 0 Å². The van der Waals surface area contributed by atoms with Gasteiger partial charge < -0.3 is 19.6 Å². The summed E-state index contributed by atoms with van der Waals surface area (Å²) in [5, 5.41) is 5.72. The summed E-state index contributed by atoms with van der Waals surface area (Å²) in [7, 11) is 3.79. The van der Waals surface area contributed by atoms with Gasteiger partial charge in [0.05, 0.1) is 0 Å². The number of nitrogens with zero attached hydrogens (tertiary/aromatic N) is 6. The maximum absolute atomic E-state index is 10.4. The van der Waals surface area contributed by atoms with E-state index in [1.807, 2.05) is 58.5 Å². The average Bonchev–Trinajstić information content (AvgIpc) is 3.09. The normalized spacial score (nSPS) is 20.1. The SMILES string of the molecule is CN1C=CN(CCCCCCN2C=CN(C)/C2=C\N=O)/C1=C\N=O. The fraction of sp³-hybridized carbons (Fsp3) is 0.500. The van der Waals surface area contributed by atoms with Crippen molar-refractivity contribution in [3.05, 3.63) is 58.7 Å². The van der Waals surface area contributed by atoms with E-state index in [1.165, 1.54) is 12.4 Å². The van der Waals surface area contributed by atoms with Crippen LogP contribution >= 0.6 is 0 Å². The summed E-state index contributed by atoms with van der Waals surface area (Å²) in [5.74, 6) is 1.62. The number of hydrogen-bond acceptors (Lipinski definition) is 8. The Kier molecular flexibility index (Phi) is 6.53. The molecule has 0 spiro atoms. The minimum atomic E-state index is 0.811. The Morgan fingerprint density at radius 2 is 1.17 bits per heavy atom. The first-order valence-corrected chi connectivity index (χ1v) is 8.08. The molecule has 130 valence electrons. The van der Waals surface area contributed by atoms with Gasteiger partial charge in [-0.25, -0.2) is 0 Å². The second-order valence-electron chi connectivity index (χ2n) is 5.80. The molecule has 0 aromatic carbocycles. The van der Waals surface area contributed by atoms with Crippen LogP contribution in [-0.4, -0.2) is 46.8 Å². The summed E-state index contributed by atoms with van der Waals surface area (Å²) in [5.41, 5.74) is 0. The Morgan fingerprint density at radius 1 is 0.750 bits per heavy atom. The van der Waals surface area contributed by atoms with Crippen LogP contribution in [-0.2, 0) is 0 Å². The molecule has 0 unspecified atom stereocenters. The lowest BCUT2D eigenvalue weighted by molar-refractivity contribution is 0.364. The molecule has 24 heavy (non-hydrogen) atoms. The van der Waals surface area contributed by atoms with E-state index in [9.17, 15) is 9.81 Å². The van der Waals surface area contributed by atoms with Gasteiger partial charge in [0.15, 0.2) is 0 Å². The molecule has 0 saturated heterocycles. The van der Waals surface area contributed by atoms with E-state index >= 15 is 0 Å². The Bertz CT molecular complexity index is 519. The average molecular weight is 332 g/mol. The van der Waals surface area contributed by atoms with Crippen molar-refractivity contribution in [2.75, 3.05) is 27.2 Å². The van der Waals surface area contributed by atoms with E-state index in [1.54, 1.807) is 0 Å². The zero-order valence-corrected chi connectivity index (χ0v) is 14.2. The van der Waals surface area contributed by atoms with Gasteiger partial charge in [0.1, 0.15) is 24.0 Å². The minimum Gasteiger partial charge on any atom is -0.335 e. The van der Waals surface area contributed by atoms with Gasteiger partial charge in [0, 0.05) is 52.0 Å². The molecular weight excluding hydrogens is 308 g/mol. The maximum atomic E-state index is 10.4. The van der Waals surface area contributed by atoms with Gasteiger partial charge >= 0.3 is 0 Å². The fourth-order valence-corrected chi connectivity index (χ4v) is 2.79. The summed E-state index contributed by atoms with van der Waals surface area (Å²) in [4.78, 5) is 28.7. The van der Waals surface area contributed by atoms with Crippen LogP contribution in [0.25, 0.3) is 0 Å². The highest BCUT2D eigenvalue weighted by molar-refractivity contribution is 5.13. The molecule has 0 atom stereocenters. The van der Waals surface area contributed by atoms with Gasteiger partial charge in [-0.3, -0.25) is 0 Å². The zero-order valence-electron chi connectivity index (χ0n) is 14.2. The highest BCUT2D eigenvalue weighted by atomic mass is 16.3. The molecule has 2 aliphatic rings. The van der Waals surface area contributed by atoms with E-state index in [0.29, 0.717) is 0 Å². The summed E-state index contributed by atoms with van der Waals surface area (Å²) in [6, 6.07) is 0. The Hall–Kier alpha value is -2.64. The third-order valence-electron chi connectivity index (χ3n) is 4.14. The largest absolute Gasteiger partial charge is 0.335 e. The van der Waals surface area contributed by atoms with Crippen molar-refractivity contribution in [3.63, 3.8) is 0 Å². The number of unbranched alkanes of at least 4 members (excludes halogenated alkanes) is 3. The topological polar surface area (TPSA) is 71.8 Å². The van der Waals surface area contributed by atoms with Crippen LogP contribution in [0.2, 0.25) is 0 Å². The van der Waals surface area contributed by atoms with Crippen molar-refractivity contribution in [2.45, 2.75) is 25.7 Å². The van der Waals surface area contributed by atoms with Crippen molar-refractivity contribution in [1.82, 2.24) is 19.6 Å². The number of rotatable bonds is 9. The number of nitroso groups, excluding NO2 is 2. The van der Waals surface area contributed by atoms with E-state index < -0.39 is 0 Å².